The van der Waals surface area contributed by atoms with Gasteiger partial charge in [0.05, 0.1) is 10.0 Å². The molecule has 1 aromatic carbocycles. The number of amides is 2. The van der Waals surface area contributed by atoms with Gasteiger partial charge in [-0.2, -0.15) is 0 Å². The molecule has 1 saturated heterocycles. The van der Waals surface area contributed by atoms with Gasteiger partial charge in [-0.1, -0.05) is 0 Å². The third-order valence-electron chi connectivity index (χ3n) is 3.75. The van der Waals surface area contributed by atoms with Crippen molar-refractivity contribution in [1.29, 1.82) is 0 Å². The smallest absolute Gasteiger partial charge is 0.410 e. The van der Waals surface area contributed by atoms with Crippen molar-refractivity contribution in [2.45, 2.75) is 45.3 Å². The zero-order chi connectivity index (χ0) is 18.8. The molecule has 25 heavy (non-hydrogen) atoms. The topological polar surface area (TPSA) is 58.6 Å². The lowest BCUT2D eigenvalue weighted by atomic mass is 10.0. The summed E-state index contributed by atoms with van der Waals surface area (Å²) in [5.41, 5.74) is -0.918. The Balaban J connectivity index is 1.93. The maximum absolute atomic E-state index is 13.8. The Bertz CT molecular complexity index is 669. The van der Waals surface area contributed by atoms with E-state index in [1.54, 1.807) is 25.7 Å². The predicted molar refractivity (Wildman–Crippen MR) is 92.4 cm³/mol. The van der Waals surface area contributed by atoms with Crippen molar-refractivity contribution in [3.63, 3.8) is 0 Å². The fourth-order valence-corrected chi connectivity index (χ4v) is 3.03. The molecule has 0 unspecified atom stereocenters. The van der Waals surface area contributed by atoms with E-state index in [1.807, 2.05) is 0 Å². The molecule has 8 heteroatoms. The molecule has 2 amide bonds. The number of hydrogen-bond donors (Lipinski definition) is 1. The van der Waals surface area contributed by atoms with Gasteiger partial charge in [0.15, 0.2) is 0 Å². The first-order valence-corrected chi connectivity index (χ1v) is 8.80. The van der Waals surface area contributed by atoms with Crippen molar-refractivity contribution in [2.75, 3.05) is 13.1 Å². The van der Waals surface area contributed by atoms with Crippen LogP contribution in [-0.2, 0) is 4.74 Å². The van der Waals surface area contributed by atoms with Crippen molar-refractivity contribution in [3.8, 4) is 0 Å². The molecule has 1 N–H and O–H groups in total. The molecule has 1 aliphatic heterocycles. The Morgan fingerprint density at radius 3 is 2.32 bits per heavy atom. The average Bonchev–Trinajstić information content (AvgIpc) is 2.50. The highest BCUT2D eigenvalue weighted by atomic mass is 79.9. The summed E-state index contributed by atoms with van der Waals surface area (Å²) in [6.07, 6.45) is 0.634. The van der Waals surface area contributed by atoms with Crippen LogP contribution in [0.3, 0.4) is 0 Å². The van der Waals surface area contributed by atoms with Crippen molar-refractivity contribution in [1.82, 2.24) is 10.2 Å². The van der Waals surface area contributed by atoms with Gasteiger partial charge in [-0.15, -0.1) is 0 Å². The minimum atomic E-state index is -0.794. The summed E-state index contributed by atoms with van der Waals surface area (Å²) in [6, 6.07) is 1.65. The Morgan fingerprint density at radius 2 is 1.76 bits per heavy atom. The van der Waals surface area contributed by atoms with E-state index in [1.165, 1.54) is 0 Å². The van der Waals surface area contributed by atoms with Crippen LogP contribution in [0, 0.1) is 11.6 Å². The minimum absolute atomic E-state index is 0.198. The van der Waals surface area contributed by atoms with Crippen LogP contribution in [0.25, 0.3) is 0 Å². The van der Waals surface area contributed by atoms with Gasteiger partial charge >= 0.3 is 6.09 Å². The molecule has 0 bridgehead atoms. The highest BCUT2D eigenvalue weighted by molar-refractivity contribution is 9.10. The Hall–Kier alpha value is -1.70. The van der Waals surface area contributed by atoms with Crippen LogP contribution in [0.1, 0.15) is 44.0 Å². The van der Waals surface area contributed by atoms with E-state index in [9.17, 15) is 18.4 Å². The third-order valence-corrected chi connectivity index (χ3v) is 4.53. The van der Waals surface area contributed by atoms with E-state index in [2.05, 4.69) is 21.2 Å². The third kappa shape index (κ3) is 5.14. The van der Waals surface area contributed by atoms with Gasteiger partial charge in [0.25, 0.3) is 5.91 Å². The normalized spacial score (nSPS) is 15.8. The molecule has 0 radical (unpaired) electrons. The summed E-state index contributed by atoms with van der Waals surface area (Å²) >= 11 is 2.91. The monoisotopic (exact) mass is 418 g/mol. The summed E-state index contributed by atoms with van der Waals surface area (Å²) in [4.78, 5) is 25.8. The number of piperidine rings is 1. The molecular formula is C17H21BrF2N2O3. The SMILES string of the molecule is CC(C)(C)OC(=O)N1CCC(NC(=O)c2c(F)ccc(F)c2Br)CC1. The van der Waals surface area contributed by atoms with E-state index in [4.69, 9.17) is 4.74 Å². The van der Waals surface area contributed by atoms with Gasteiger partial charge in [-0.05, 0) is 61.7 Å². The largest absolute Gasteiger partial charge is 0.444 e. The maximum Gasteiger partial charge on any atom is 0.410 e. The molecule has 0 spiro atoms. The minimum Gasteiger partial charge on any atom is -0.444 e. The number of nitrogens with zero attached hydrogens (tertiary/aromatic N) is 1. The lowest BCUT2D eigenvalue weighted by Gasteiger charge is -2.33. The molecule has 1 aromatic rings. The van der Waals surface area contributed by atoms with Crippen molar-refractivity contribution < 1.29 is 23.1 Å². The summed E-state index contributed by atoms with van der Waals surface area (Å²) in [5, 5.41) is 2.70. The van der Waals surface area contributed by atoms with Crippen LogP contribution < -0.4 is 5.32 Å². The van der Waals surface area contributed by atoms with Gasteiger partial charge in [0.2, 0.25) is 0 Å². The predicted octanol–water partition coefficient (Wildman–Crippen LogP) is 3.86. The van der Waals surface area contributed by atoms with Gasteiger partial charge in [0.1, 0.15) is 17.2 Å². The molecule has 1 heterocycles. The Morgan fingerprint density at radius 1 is 1.20 bits per heavy atom. The fraction of sp³-hybridized carbons (Fsp3) is 0.529. The summed E-state index contributed by atoms with van der Waals surface area (Å²) in [7, 11) is 0. The molecule has 0 aromatic heterocycles. The quantitative estimate of drug-likeness (QED) is 0.741. The number of carbonyl (C=O) groups excluding carboxylic acids is 2. The molecule has 5 nitrogen and oxygen atoms in total. The number of ether oxygens (including phenoxy) is 1. The van der Waals surface area contributed by atoms with E-state index in [0.717, 1.165) is 12.1 Å². The number of halogens is 3. The summed E-state index contributed by atoms with van der Waals surface area (Å²) < 4.78 is 32.5. The Labute approximate surface area is 153 Å². The van der Waals surface area contributed by atoms with Crippen LogP contribution in [0.4, 0.5) is 13.6 Å². The lowest BCUT2D eigenvalue weighted by Crippen LogP contribution is -2.48. The number of carbonyl (C=O) groups is 2. The zero-order valence-corrected chi connectivity index (χ0v) is 16.0. The molecule has 1 aliphatic rings. The van der Waals surface area contributed by atoms with Crippen LogP contribution >= 0.6 is 15.9 Å². The maximum atomic E-state index is 13.8. The lowest BCUT2D eigenvalue weighted by molar-refractivity contribution is 0.0199. The molecule has 0 aliphatic carbocycles. The first-order valence-electron chi connectivity index (χ1n) is 8.01. The van der Waals surface area contributed by atoms with E-state index < -0.39 is 29.2 Å². The van der Waals surface area contributed by atoms with Crippen LogP contribution in [0.15, 0.2) is 16.6 Å². The van der Waals surface area contributed by atoms with Gasteiger partial charge in [-0.25, -0.2) is 13.6 Å². The summed E-state index contributed by atoms with van der Waals surface area (Å²) in [6.45, 7) is 6.23. The highest BCUT2D eigenvalue weighted by Crippen LogP contribution is 2.24. The van der Waals surface area contributed by atoms with Gasteiger partial charge < -0.3 is 15.0 Å². The van der Waals surface area contributed by atoms with Crippen LogP contribution in [0.2, 0.25) is 0 Å². The second-order valence-corrected chi connectivity index (χ2v) is 7.73. The van der Waals surface area contributed by atoms with Crippen LogP contribution in [-0.4, -0.2) is 41.6 Å². The Kier molecular flexibility index (Phi) is 6.03. The van der Waals surface area contributed by atoms with Crippen molar-refractivity contribution >= 4 is 27.9 Å². The number of likely N-dealkylation sites (tertiary alicyclic amines) is 1. The first-order chi connectivity index (χ1) is 11.6. The standard InChI is InChI=1S/C17H21BrF2N2O3/c1-17(2,3)25-16(24)22-8-6-10(7-9-22)21-15(23)13-11(19)4-5-12(20)14(13)18/h4-5,10H,6-9H2,1-3H3,(H,21,23). The number of nitrogens with one attached hydrogen (secondary N) is 1. The van der Waals surface area contributed by atoms with Crippen molar-refractivity contribution in [2.24, 2.45) is 0 Å². The second-order valence-electron chi connectivity index (χ2n) is 6.93. The first kappa shape index (κ1) is 19.6. The molecule has 138 valence electrons. The number of benzene rings is 1. The molecule has 0 saturated carbocycles. The van der Waals surface area contributed by atoms with E-state index in [0.29, 0.717) is 25.9 Å². The van der Waals surface area contributed by atoms with Gasteiger partial charge in [-0.3, -0.25) is 4.79 Å². The van der Waals surface area contributed by atoms with Crippen molar-refractivity contribution in [3.05, 3.63) is 33.8 Å². The average molecular weight is 419 g/mol. The van der Waals surface area contributed by atoms with Gasteiger partial charge in [0, 0.05) is 19.1 Å². The second kappa shape index (κ2) is 7.68. The summed E-state index contributed by atoms with van der Waals surface area (Å²) in [5.74, 6) is -2.18. The van der Waals surface area contributed by atoms with E-state index >= 15 is 0 Å². The molecule has 1 fully saturated rings. The fourth-order valence-electron chi connectivity index (χ4n) is 2.53. The number of rotatable bonds is 2. The number of hydrogen-bond acceptors (Lipinski definition) is 3. The van der Waals surface area contributed by atoms with Crippen LogP contribution in [0.5, 0.6) is 0 Å². The van der Waals surface area contributed by atoms with E-state index in [-0.39, 0.29) is 16.1 Å². The molecular weight excluding hydrogens is 398 g/mol. The molecule has 0 atom stereocenters. The molecule has 2 rings (SSSR count). The zero-order valence-electron chi connectivity index (χ0n) is 14.4. The highest BCUT2D eigenvalue weighted by Gasteiger charge is 2.28.